The molecule has 718 valence electrons. The fourth-order valence-electron chi connectivity index (χ4n) is 26.0. The Morgan fingerprint density at radius 3 is 1.28 bits per heavy atom. The Morgan fingerprint density at radius 1 is 0.434 bits per heavy atom. The lowest BCUT2D eigenvalue weighted by Crippen LogP contribution is -2.55. The molecule has 0 spiro atoms. The van der Waals surface area contributed by atoms with E-state index in [1.165, 1.54) is 214 Å². The van der Waals surface area contributed by atoms with Gasteiger partial charge in [-0.05, 0) is 398 Å². The molecular formula is C111H129Cl6F2N13O4. The fraction of sp³-hybridized carbons (Fsp3) is 0.514. The van der Waals surface area contributed by atoms with Crippen LogP contribution >= 0.6 is 69.6 Å². The van der Waals surface area contributed by atoms with E-state index in [9.17, 15) is 28.0 Å². The summed E-state index contributed by atoms with van der Waals surface area (Å²) in [7, 11) is 0. The number of nitrogens with one attached hydrogen (secondary N) is 5. The monoisotopic (exact) mass is 1960 g/mol. The zero-order chi connectivity index (χ0) is 93.9. The summed E-state index contributed by atoms with van der Waals surface area (Å²) in [6.07, 6.45) is 60.9. The van der Waals surface area contributed by atoms with Crippen molar-refractivity contribution in [1.29, 1.82) is 0 Å². The number of carbonyl (C=O) groups is 4. The van der Waals surface area contributed by atoms with Crippen LogP contribution in [0.5, 0.6) is 0 Å². The number of allylic oxidation sites excluding steroid dienone is 5. The normalized spacial score (nSPS) is 25.2. The van der Waals surface area contributed by atoms with Gasteiger partial charge in [0.1, 0.15) is 11.6 Å². The third-order valence-corrected chi connectivity index (χ3v) is 34.2. The molecule has 0 aliphatic heterocycles. The third kappa shape index (κ3) is 21.6. The standard InChI is InChI=1S/C31H30Cl2FN3O.C29H23Cl4FN4O.C26H39N3O.C25H37N3O/c1-20(22-8-4-2-5-9-22)35-31(38)29-26-11-7-3-6-10-23(18-21-12-15-25(34)16-13-21)30(26)37(36-29)28-17-14-24(32)19-27(28)33;30-19-8-12-25(23(32)15-19)35-36-29(39)27-22-5-3-1-2-4-18(14-17-6-10-21(34)11-7-17)28(22)38(37-27)26-13-9-20(31)16-24(26)33;1-17(26-14-18-11-19(15-26)13-20(12-18)16-26)27-25(30)24-22-9-4-2-3-5-10-23(22)29(28-24)21-7-6-8-21;29-24(26-16-25-13-17-10-18(14-25)12-19(11-17)15-25)23-21-8-3-1-2-4-9-22(21)28(27-23)20-6-5-7-20/h2,4-5,8,12-20,22H,3,6-7,9-11H2,1H3,(H,35,38);6-16,35H,1-5H2,(H,36,39);17-21H,2-16H2,1H3,(H,27,30);17-20H,1-16H2,(H,26,29)/b23-18+;18-14+;;/t20-,22?;;;/m1.../s1. The molecule has 8 bridgehead atoms. The molecule has 17 nitrogen and oxygen atoms in total. The van der Waals surface area contributed by atoms with Gasteiger partial charge in [-0.25, -0.2) is 18.1 Å². The van der Waals surface area contributed by atoms with Crippen molar-refractivity contribution in [3.8, 4) is 11.4 Å². The van der Waals surface area contributed by atoms with E-state index in [-0.39, 0.29) is 53.1 Å². The Labute approximate surface area is 829 Å². The van der Waals surface area contributed by atoms with Crippen LogP contribution in [0, 0.1) is 63.9 Å². The predicted molar refractivity (Wildman–Crippen MR) is 543 cm³/mol. The maximum atomic E-state index is 13.7. The number of nitrogens with zero attached hydrogens (tertiary/aromatic N) is 8. The van der Waals surface area contributed by atoms with Gasteiger partial charge in [-0.15, -0.1) is 0 Å². The van der Waals surface area contributed by atoms with E-state index in [1.54, 1.807) is 82.2 Å². The molecule has 0 radical (unpaired) electrons. The molecule has 9 aromatic rings. The molecule has 10 fully saturated rings. The summed E-state index contributed by atoms with van der Waals surface area (Å²) in [5.74, 6) is 4.86. The molecule has 15 aliphatic carbocycles. The molecule has 3 atom stereocenters. The van der Waals surface area contributed by atoms with E-state index in [0.717, 1.165) is 188 Å². The number of aromatic nitrogens is 8. The van der Waals surface area contributed by atoms with E-state index in [4.69, 9.17) is 90.0 Å². The average Bonchev–Trinajstić information content (AvgIpc) is 1.10. The number of amides is 4. The summed E-state index contributed by atoms with van der Waals surface area (Å²) in [5.41, 5.74) is 22.8. The summed E-state index contributed by atoms with van der Waals surface area (Å²) in [6.45, 7) is 5.22. The zero-order valence-corrected chi connectivity index (χ0v) is 83.1. The molecule has 15 aliphatic rings. The second kappa shape index (κ2) is 42.7. The van der Waals surface area contributed by atoms with Crippen molar-refractivity contribution in [2.75, 3.05) is 12.0 Å². The van der Waals surface area contributed by atoms with Crippen molar-refractivity contribution < 1.29 is 28.0 Å². The van der Waals surface area contributed by atoms with Crippen LogP contribution in [0.25, 0.3) is 34.7 Å². The molecule has 4 aromatic heterocycles. The summed E-state index contributed by atoms with van der Waals surface area (Å²) >= 11 is 37.9. The Hall–Kier alpha value is -8.82. The first kappa shape index (κ1) is 96.1. The van der Waals surface area contributed by atoms with Crippen LogP contribution in [-0.2, 0) is 38.5 Å². The number of anilines is 1. The van der Waals surface area contributed by atoms with Gasteiger partial charge in [-0.2, -0.15) is 20.4 Å². The van der Waals surface area contributed by atoms with Crippen LogP contribution in [0.1, 0.15) is 349 Å². The van der Waals surface area contributed by atoms with Crippen molar-refractivity contribution in [2.24, 2.45) is 52.3 Å². The van der Waals surface area contributed by atoms with Gasteiger partial charge in [-0.1, -0.05) is 157 Å². The molecule has 0 saturated heterocycles. The average molecular weight is 1960 g/mol. The summed E-state index contributed by atoms with van der Waals surface area (Å²) in [4.78, 5) is 54.2. The molecule has 5 N–H and O–H groups in total. The highest BCUT2D eigenvalue weighted by molar-refractivity contribution is 6.37. The summed E-state index contributed by atoms with van der Waals surface area (Å²) in [5, 5.41) is 32.5. The minimum atomic E-state index is -0.428. The minimum absolute atomic E-state index is 0.0496. The molecule has 2 unspecified atom stereocenters. The number of carbonyl (C=O) groups excluding carboxylic acids is 4. The lowest BCUT2D eigenvalue weighted by Gasteiger charge is -2.59. The maximum Gasteiger partial charge on any atom is 0.290 e. The molecule has 10 saturated carbocycles. The Balaban J connectivity index is 0.000000117. The van der Waals surface area contributed by atoms with E-state index >= 15 is 0 Å². The number of benzene rings is 5. The maximum absolute atomic E-state index is 13.7. The molecule has 4 heterocycles. The van der Waals surface area contributed by atoms with Crippen LogP contribution in [0.15, 0.2) is 127 Å². The van der Waals surface area contributed by atoms with Crippen molar-refractivity contribution in [3.05, 3.63) is 248 Å². The summed E-state index contributed by atoms with van der Waals surface area (Å²) < 4.78 is 35.3. The van der Waals surface area contributed by atoms with Crippen molar-refractivity contribution in [2.45, 2.75) is 301 Å². The Kier molecular flexibility index (Phi) is 30.2. The van der Waals surface area contributed by atoms with Gasteiger partial charge in [-0.3, -0.25) is 39.4 Å². The Bertz CT molecular complexity index is 5940. The fourth-order valence-corrected chi connectivity index (χ4v) is 27.4. The number of rotatable bonds is 18. The third-order valence-electron chi connectivity index (χ3n) is 32.5. The van der Waals surface area contributed by atoms with Crippen LogP contribution in [0.3, 0.4) is 0 Å². The van der Waals surface area contributed by atoms with Gasteiger partial charge in [0.05, 0.1) is 55.6 Å². The second-order valence-corrected chi connectivity index (χ2v) is 44.6. The zero-order valence-electron chi connectivity index (χ0n) is 78.6. The quantitative estimate of drug-likeness (QED) is 0.0519. The van der Waals surface area contributed by atoms with Crippen LogP contribution in [0.2, 0.25) is 30.1 Å². The van der Waals surface area contributed by atoms with Gasteiger partial charge >= 0.3 is 0 Å². The minimum Gasteiger partial charge on any atom is -0.350 e. The van der Waals surface area contributed by atoms with Gasteiger partial charge in [0.2, 0.25) is 0 Å². The van der Waals surface area contributed by atoms with Crippen LogP contribution < -0.4 is 26.8 Å². The second-order valence-electron chi connectivity index (χ2n) is 42.1. The van der Waals surface area contributed by atoms with E-state index < -0.39 is 5.91 Å². The number of halogens is 8. The first-order chi connectivity index (χ1) is 66.0. The van der Waals surface area contributed by atoms with Gasteiger partial charge in [0.25, 0.3) is 23.6 Å². The molecule has 25 heteroatoms. The highest BCUT2D eigenvalue weighted by Crippen LogP contribution is 2.62. The van der Waals surface area contributed by atoms with E-state index in [0.29, 0.717) is 82.2 Å². The number of fused-ring (bicyclic) bond motifs is 4. The molecule has 5 aromatic carbocycles. The molecular weight excluding hydrogens is 1830 g/mol. The van der Waals surface area contributed by atoms with Gasteiger partial charge < -0.3 is 16.0 Å². The highest BCUT2D eigenvalue weighted by Gasteiger charge is 2.55. The number of hydrogen-bond acceptors (Lipinski definition) is 9. The van der Waals surface area contributed by atoms with Gasteiger partial charge in [0.15, 0.2) is 22.8 Å². The molecule has 24 rings (SSSR count). The lowest BCUT2D eigenvalue weighted by molar-refractivity contribution is -0.0688. The van der Waals surface area contributed by atoms with Crippen molar-refractivity contribution in [3.63, 3.8) is 0 Å². The van der Waals surface area contributed by atoms with E-state index in [2.05, 4.69) is 61.3 Å². The largest absolute Gasteiger partial charge is 0.350 e. The van der Waals surface area contributed by atoms with E-state index in [1.807, 2.05) is 31.2 Å². The number of hydrogen-bond donors (Lipinski definition) is 5. The van der Waals surface area contributed by atoms with Gasteiger partial charge in [0, 0.05) is 73.3 Å². The lowest BCUT2D eigenvalue weighted by atomic mass is 9.48. The first-order valence-corrected chi connectivity index (χ1v) is 53.3. The number of hydrazine groups is 1. The van der Waals surface area contributed by atoms with Crippen LogP contribution in [-0.4, -0.2) is 81.4 Å². The van der Waals surface area contributed by atoms with Crippen LogP contribution in [0.4, 0.5) is 14.5 Å². The summed E-state index contributed by atoms with van der Waals surface area (Å²) in [6, 6.07) is 29.4. The SMILES string of the molecule is CC(NC(=O)c1nn(C2CCC2)c2c1CCCCCC2)C12CC3CC(CC(C3)C1)C2.C[C@@H](NC(=O)c1nn(-c2ccc(Cl)cc2Cl)c2c1CCCCC/C2=C\c1ccc(F)cc1)C1C=CC=CC1.O=C(NCC12CC3CC(CC(C3)C1)C2)c1nn(C2CCC2)c2c1CCCCCC2.O=C(NNc1ccc(Cl)cc1Cl)c1nn(-c2ccc(Cl)cc2Cl)c2c1CCCCC/C2=C\c1ccc(F)cc1. The topological polar surface area (TPSA) is 200 Å². The first-order valence-electron chi connectivity index (χ1n) is 51.0. The van der Waals surface area contributed by atoms with Crippen molar-refractivity contribution in [1.82, 2.24) is 60.5 Å². The molecule has 136 heavy (non-hydrogen) atoms. The highest BCUT2D eigenvalue weighted by atomic mass is 35.5. The smallest absolute Gasteiger partial charge is 0.290 e. The molecule has 4 amide bonds. The Morgan fingerprint density at radius 2 is 0.838 bits per heavy atom. The predicted octanol–water partition coefficient (Wildman–Crippen LogP) is 28.1. The van der Waals surface area contributed by atoms with Crippen molar-refractivity contribution >= 4 is 122 Å².